The van der Waals surface area contributed by atoms with Gasteiger partial charge in [-0.15, -0.1) is 11.3 Å². The molecule has 1 aromatic heterocycles. The fourth-order valence-corrected chi connectivity index (χ4v) is 6.29. The number of ether oxygens (including phenoxy) is 1. The Hall–Kier alpha value is -1.94. The van der Waals surface area contributed by atoms with Crippen LogP contribution >= 0.6 is 22.9 Å². The summed E-state index contributed by atoms with van der Waals surface area (Å²) in [5, 5.41) is 2.78. The van der Waals surface area contributed by atoms with E-state index < -0.39 is 22.0 Å². The van der Waals surface area contributed by atoms with Crippen molar-refractivity contribution in [3.05, 3.63) is 51.9 Å². The van der Waals surface area contributed by atoms with Gasteiger partial charge < -0.3 is 10.1 Å². The van der Waals surface area contributed by atoms with Crippen molar-refractivity contribution in [3.63, 3.8) is 0 Å². The molecule has 150 valence electrons. The van der Waals surface area contributed by atoms with E-state index in [0.717, 1.165) is 16.9 Å². The van der Waals surface area contributed by atoms with Crippen LogP contribution in [-0.2, 0) is 26.1 Å². The zero-order chi connectivity index (χ0) is 20.3. The van der Waals surface area contributed by atoms with Gasteiger partial charge in [0.15, 0.2) is 0 Å². The predicted molar refractivity (Wildman–Crippen MR) is 106 cm³/mol. The lowest BCUT2D eigenvalue weighted by molar-refractivity contribution is -0.124. The minimum Gasteiger partial charge on any atom is -0.465 e. The topological polar surface area (TPSA) is 92.8 Å². The van der Waals surface area contributed by atoms with E-state index in [2.05, 4.69) is 10.1 Å². The van der Waals surface area contributed by atoms with Crippen molar-refractivity contribution in [2.75, 3.05) is 13.7 Å². The standard InChI is InChI=1S/C18H19ClN2O5S2/c1-26-18(23)13-6-4-12(5-7-13)11-20-17(22)14-3-2-10-21(14)28(24,25)16-9-8-15(19)27-16/h4-9,14H,2-3,10-11H2,1H3,(H,20,22)/t14-/m0/s1. The number of sulfonamides is 1. The first-order chi connectivity index (χ1) is 13.3. The van der Waals surface area contributed by atoms with Gasteiger partial charge in [0.25, 0.3) is 10.0 Å². The monoisotopic (exact) mass is 442 g/mol. The second-order valence-corrected chi connectivity index (χ2v) is 10.1. The number of benzene rings is 1. The third-order valence-electron chi connectivity index (χ3n) is 4.46. The molecule has 1 atom stereocenters. The number of hydrogen-bond donors (Lipinski definition) is 1. The van der Waals surface area contributed by atoms with E-state index in [-0.39, 0.29) is 16.7 Å². The summed E-state index contributed by atoms with van der Waals surface area (Å²) in [5.41, 5.74) is 1.21. The molecule has 7 nitrogen and oxygen atoms in total. The average Bonchev–Trinajstić information content (AvgIpc) is 3.35. The predicted octanol–water partition coefficient (Wildman–Crippen LogP) is 2.66. The Morgan fingerprint density at radius 3 is 2.57 bits per heavy atom. The van der Waals surface area contributed by atoms with Crippen LogP contribution in [0.15, 0.2) is 40.6 Å². The van der Waals surface area contributed by atoms with Crippen molar-refractivity contribution in [3.8, 4) is 0 Å². The number of esters is 1. The lowest BCUT2D eigenvalue weighted by Gasteiger charge is -2.22. The van der Waals surface area contributed by atoms with Gasteiger partial charge in [-0.3, -0.25) is 4.79 Å². The Balaban J connectivity index is 1.66. The van der Waals surface area contributed by atoms with Crippen molar-refractivity contribution in [2.45, 2.75) is 29.6 Å². The maximum absolute atomic E-state index is 12.8. The van der Waals surface area contributed by atoms with E-state index in [0.29, 0.717) is 29.3 Å². The molecule has 1 aliphatic heterocycles. The van der Waals surface area contributed by atoms with Crippen molar-refractivity contribution in [1.29, 1.82) is 0 Å². The molecule has 28 heavy (non-hydrogen) atoms. The fourth-order valence-electron chi connectivity index (χ4n) is 3.03. The Morgan fingerprint density at radius 1 is 1.25 bits per heavy atom. The van der Waals surface area contributed by atoms with Gasteiger partial charge in [-0.25, -0.2) is 13.2 Å². The van der Waals surface area contributed by atoms with E-state index in [4.69, 9.17) is 11.6 Å². The summed E-state index contributed by atoms with van der Waals surface area (Å²) >= 11 is 6.83. The number of halogens is 1. The second-order valence-electron chi connectivity index (χ2n) is 6.24. The lowest BCUT2D eigenvalue weighted by atomic mass is 10.1. The Kier molecular flexibility index (Phi) is 6.39. The number of methoxy groups -OCH3 is 1. The normalized spacial score (nSPS) is 17.4. The third kappa shape index (κ3) is 4.38. The highest BCUT2D eigenvalue weighted by Gasteiger charge is 2.39. The minimum atomic E-state index is -3.76. The molecule has 1 fully saturated rings. The number of nitrogens with one attached hydrogen (secondary N) is 1. The highest BCUT2D eigenvalue weighted by atomic mass is 35.5. The maximum Gasteiger partial charge on any atom is 0.337 e. The van der Waals surface area contributed by atoms with Gasteiger partial charge in [0.1, 0.15) is 10.3 Å². The van der Waals surface area contributed by atoms with Crippen molar-refractivity contribution < 1.29 is 22.7 Å². The number of carbonyl (C=O) groups is 2. The molecule has 1 aromatic carbocycles. The van der Waals surface area contributed by atoms with Gasteiger partial charge in [-0.2, -0.15) is 4.31 Å². The van der Waals surface area contributed by atoms with Crippen LogP contribution < -0.4 is 5.32 Å². The highest BCUT2D eigenvalue weighted by molar-refractivity contribution is 7.91. The molecule has 0 radical (unpaired) electrons. The molecular weight excluding hydrogens is 424 g/mol. The van der Waals surface area contributed by atoms with Crippen LogP contribution in [0.2, 0.25) is 4.34 Å². The molecule has 10 heteroatoms. The third-order valence-corrected chi connectivity index (χ3v) is 8.07. The summed E-state index contributed by atoms with van der Waals surface area (Å²) in [6.07, 6.45) is 1.08. The molecule has 1 aliphatic rings. The molecule has 0 saturated carbocycles. The molecule has 1 amide bonds. The first-order valence-corrected chi connectivity index (χ1v) is 11.2. The van der Waals surface area contributed by atoms with Crippen LogP contribution in [0.1, 0.15) is 28.8 Å². The average molecular weight is 443 g/mol. The zero-order valence-electron chi connectivity index (χ0n) is 15.1. The lowest BCUT2D eigenvalue weighted by Crippen LogP contribution is -2.45. The van der Waals surface area contributed by atoms with Crippen LogP contribution in [0.3, 0.4) is 0 Å². The summed E-state index contributed by atoms with van der Waals surface area (Å²) in [6, 6.07) is 8.88. The van der Waals surface area contributed by atoms with Gasteiger partial charge in [-0.1, -0.05) is 23.7 Å². The first kappa shape index (κ1) is 20.8. The van der Waals surface area contributed by atoms with E-state index in [1.807, 2.05) is 0 Å². The number of nitrogens with zero attached hydrogens (tertiary/aromatic N) is 1. The van der Waals surface area contributed by atoms with Gasteiger partial charge in [0.05, 0.1) is 17.0 Å². The summed E-state index contributed by atoms with van der Waals surface area (Å²) < 4.78 is 32.0. The van der Waals surface area contributed by atoms with Crippen LogP contribution in [0.25, 0.3) is 0 Å². The highest BCUT2D eigenvalue weighted by Crippen LogP contribution is 2.32. The number of thiophene rings is 1. The van der Waals surface area contributed by atoms with Crippen LogP contribution in [0.5, 0.6) is 0 Å². The van der Waals surface area contributed by atoms with Gasteiger partial charge >= 0.3 is 5.97 Å². The molecule has 1 saturated heterocycles. The molecule has 0 unspecified atom stereocenters. The number of hydrogen-bond acceptors (Lipinski definition) is 6. The Bertz CT molecular complexity index is 972. The van der Waals surface area contributed by atoms with Crippen molar-refractivity contribution in [1.82, 2.24) is 9.62 Å². The number of rotatable bonds is 6. The van der Waals surface area contributed by atoms with E-state index in [9.17, 15) is 18.0 Å². The molecule has 3 rings (SSSR count). The summed E-state index contributed by atoms with van der Waals surface area (Å²) in [4.78, 5) is 24.1. The molecule has 0 bridgehead atoms. The van der Waals surface area contributed by atoms with Crippen molar-refractivity contribution >= 4 is 44.8 Å². The van der Waals surface area contributed by atoms with Gasteiger partial charge in [-0.05, 0) is 42.7 Å². The van der Waals surface area contributed by atoms with Crippen LogP contribution in [0.4, 0.5) is 0 Å². The van der Waals surface area contributed by atoms with Crippen LogP contribution in [-0.4, -0.2) is 44.3 Å². The smallest absolute Gasteiger partial charge is 0.337 e. The summed E-state index contributed by atoms with van der Waals surface area (Å²) in [7, 11) is -2.45. The molecular formula is C18H19ClN2O5S2. The van der Waals surface area contributed by atoms with E-state index in [1.54, 1.807) is 24.3 Å². The quantitative estimate of drug-likeness (QED) is 0.694. The Labute approximate surface area is 172 Å². The molecule has 1 N–H and O–H groups in total. The minimum absolute atomic E-state index is 0.135. The van der Waals surface area contributed by atoms with Crippen molar-refractivity contribution in [2.24, 2.45) is 0 Å². The molecule has 2 heterocycles. The maximum atomic E-state index is 12.8. The van der Waals surface area contributed by atoms with E-state index in [1.165, 1.54) is 23.5 Å². The SMILES string of the molecule is COC(=O)c1ccc(CNC(=O)[C@@H]2CCCN2S(=O)(=O)c2ccc(Cl)s2)cc1. The van der Waals surface area contributed by atoms with Gasteiger partial charge in [0, 0.05) is 13.1 Å². The number of amides is 1. The zero-order valence-corrected chi connectivity index (χ0v) is 17.4. The number of carbonyl (C=O) groups excluding carboxylic acids is 2. The summed E-state index contributed by atoms with van der Waals surface area (Å²) in [6.45, 7) is 0.527. The molecule has 0 spiro atoms. The first-order valence-electron chi connectivity index (χ1n) is 8.55. The molecule has 2 aromatic rings. The summed E-state index contributed by atoms with van der Waals surface area (Å²) in [5.74, 6) is -0.781. The van der Waals surface area contributed by atoms with E-state index >= 15 is 0 Å². The largest absolute Gasteiger partial charge is 0.465 e. The van der Waals surface area contributed by atoms with Crippen LogP contribution in [0, 0.1) is 0 Å². The second kappa shape index (κ2) is 8.60. The Morgan fingerprint density at radius 2 is 1.96 bits per heavy atom. The fraction of sp³-hybridized carbons (Fsp3) is 0.333. The van der Waals surface area contributed by atoms with Gasteiger partial charge in [0.2, 0.25) is 5.91 Å². The molecule has 0 aliphatic carbocycles.